The lowest BCUT2D eigenvalue weighted by Gasteiger charge is -2.03. The molecule has 0 saturated carbocycles. The lowest BCUT2D eigenvalue weighted by Crippen LogP contribution is -1.92. The van der Waals surface area contributed by atoms with Crippen molar-refractivity contribution in [3.05, 3.63) is 34.9 Å². The second-order valence-electron chi connectivity index (χ2n) is 2.51. The molecule has 11 heavy (non-hydrogen) atoms. The first-order valence-electron chi connectivity index (χ1n) is 3.50. The van der Waals surface area contributed by atoms with Crippen LogP contribution in [0.4, 0.5) is 0 Å². The van der Waals surface area contributed by atoms with Gasteiger partial charge in [-0.3, -0.25) is 0 Å². The van der Waals surface area contributed by atoms with Crippen LogP contribution >= 0.6 is 11.6 Å². The molecule has 0 radical (unpaired) electrons. The van der Waals surface area contributed by atoms with Crippen LogP contribution in [0.3, 0.4) is 0 Å². The van der Waals surface area contributed by atoms with Gasteiger partial charge in [0.1, 0.15) is 0 Å². The van der Waals surface area contributed by atoms with Gasteiger partial charge in [-0.15, -0.1) is 0 Å². The third-order valence-electron chi connectivity index (χ3n) is 1.65. The van der Waals surface area contributed by atoms with E-state index in [4.69, 9.17) is 17.0 Å². The first-order chi connectivity index (χ1) is 5.24. The maximum atomic E-state index is 7.04. The lowest BCUT2D eigenvalue weighted by atomic mass is 10.0. The van der Waals surface area contributed by atoms with Crippen molar-refractivity contribution in [1.29, 1.82) is 5.41 Å². The van der Waals surface area contributed by atoms with E-state index in [-0.39, 0.29) is 5.92 Å². The number of halogens is 1. The minimum Gasteiger partial charge on any atom is -0.312 e. The molecule has 0 fully saturated rings. The van der Waals surface area contributed by atoms with Gasteiger partial charge in [0.05, 0.1) is 0 Å². The van der Waals surface area contributed by atoms with Gasteiger partial charge in [0.25, 0.3) is 0 Å². The highest BCUT2D eigenvalue weighted by molar-refractivity contribution is 6.30. The molecule has 0 aromatic heterocycles. The average molecular weight is 168 g/mol. The summed E-state index contributed by atoms with van der Waals surface area (Å²) in [6.07, 6.45) is 1.42. The SMILES string of the molecule is CC(C=N)c1ccc(Cl)cc1. The molecule has 2 heteroatoms. The Morgan fingerprint density at radius 1 is 1.36 bits per heavy atom. The van der Waals surface area contributed by atoms with Gasteiger partial charge in [0.15, 0.2) is 0 Å². The van der Waals surface area contributed by atoms with Crippen LogP contribution in [-0.2, 0) is 0 Å². The zero-order chi connectivity index (χ0) is 8.27. The molecule has 1 atom stereocenters. The Bertz CT molecular complexity index is 240. The van der Waals surface area contributed by atoms with Gasteiger partial charge in [-0.2, -0.15) is 0 Å². The van der Waals surface area contributed by atoms with Crippen molar-refractivity contribution >= 4 is 17.8 Å². The topological polar surface area (TPSA) is 23.9 Å². The van der Waals surface area contributed by atoms with E-state index in [2.05, 4.69) is 0 Å². The number of hydrogen-bond donors (Lipinski definition) is 1. The predicted octanol–water partition coefficient (Wildman–Crippen LogP) is 3.09. The first-order valence-corrected chi connectivity index (χ1v) is 3.88. The maximum Gasteiger partial charge on any atom is 0.0406 e. The molecule has 0 aliphatic rings. The third kappa shape index (κ3) is 2.05. The molecule has 58 valence electrons. The fourth-order valence-corrected chi connectivity index (χ4v) is 0.989. The van der Waals surface area contributed by atoms with Gasteiger partial charge >= 0.3 is 0 Å². The number of rotatable bonds is 2. The second-order valence-corrected chi connectivity index (χ2v) is 2.94. The zero-order valence-electron chi connectivity index (χ0n) is 6.34. The number of hydrogen-bond acceptors (Lipinski definition) is 1. The number of benzene rings is 1. The minimum absolute atomic E-state index is 0.187. The molecule has 1 rings (SSSR count). The van der Waals surface area contributed by atoms with E-state index in [1.807, 2.05) is 31.2 Å². The van der Waals surface area contributed by atoms with E-state index in [9.17, 15) is 0 Å². The first kappa shape index (κ1) is 8.28. The van der Waals surface area contributed by atoms with Gasteiger partial charge < -0.3 is 5.41 Å². The minimum atomic E-state index is 0.187. The van der Waals surface area contributed by atoms with E-state index in [1.54, 1.807) is 0 Å². The molecule has 1 N–H and O–H groups in total. The Kier molecular flexibility index (Phi) is 2.66. The van der Waals surface area contributed by atoms with E-state index in [1.165, 1.54) is 6.21 Å². The molecule has 1 aromatic carbocycles. The van der Waals surface area contributed by atoms with Gasteiger partial charge in [-0.1, -0.05) is 30.7 Å². The van der Waals surface area contributed by atoms with Crippen LogP contribution in [-0.4, -0.2) is 6.21 Å². The Morgan fingerprint density at radius 2 is 1.91 bits per heavy atom. The molecule has 0 saturated heterocycles. The van der Waals surface area contributed by atoms with Crippen LogP contribution in [0.15, 0.2) is 24.3 Å². The van der Waals surface area contributed by atoms with Crippen LogP contribution in [0.2, 0.25) is 5.02 Å². The van der Waals surface area contributed by atoms with Crippen LogP contribution in [0.25, 0.3) is 0 Å². The molecule has 0 aliphatic carbocycles. The molecule has 0 amide bonds. The van der Waals surface area contributed by atoms with E-state index in [0.29, 0.717) is 0 Å². The largest absolute Gasteiger partial charge is 0.312 e. The molecule has 0 bridgehead atoms. The summed E-state index contributed by atoms with van der Waals surface area (Å²) in [5.74, 6) is 0.187. The van der Waals surface area contributed by atoms with Gasteiger partial charge in [0.2, 0.25) is 0 Å². The summed E-state index contributed by atoms with van der Waals surface area (Å²) in [7, 11) is 0. The van der Waals surface area contributed by atoms with Crippen molar-refractivity contribution in [3.8, 4) is 0 Å². The number of nitrogens with one attached hydrogen (secondary N) is 1. The quantitative estimate of drug-likeness (QED) is 0.655. The van der Waals surface area contributed by atoms with Crippen LogP contribution in [0, 0.1) is 5.41 Å². The summed E-state index contributed by atoms with van der Waals surface area (Å²) >= 11 is 5.70. The summed E-state index contributed by atoms with van der Waals surface area (Å²) in [5.41, 5.74) is 1.13. The highest BCUT2D eigenvalue weighted by Crippen LogP contribution is 2.15. The van der Waals surface area contributed by atoms with Crippen LogP contribution < -0.4 is 0 Å². The molecule has 0 aliphatic heterocycles. The van der Waals surface area contributed by atoms with Gasteiger partial charge in [-0.05, 0) is 17.7 Å². The van der Waals surface area contributed by atoms with Gasteiger partial charge in [0, 0.05) is 17.2 Å². The normalized spacial score (nSPS) is 12.5. The van der Waals surface area contributed by atoms with Crippen molar-refractivity contribution in [1.82, 2.24) is 0 Å². The Labute approximate surface area is 71.5 Å². The van der Waals surface area contributed by atoms with E-state index < -0.39 is 0 Å². The fraction of sp³-hybridized carbons (Fsp3) is 0.222. The average Bonchev–Trinajstić information content (AvgIpc) is 2.05. The Morgan fingerprint density at radius 3 is 2.36 bits per heavy atom. The summed E-state index contributed by atoms with van der Waals surface area (Å²) in [6, 6.07) is 7.57. The molecular weight excluding hydrogens is 158 g/mol. The Balaban J connectivity index is 2.89. The standard InChI is InChI=1S/C9H10ClN/c1-7(6-11)8-2-4-9(10)5-3-8/h2-7,11H,1H3. The van der Waals surface area contributed by atoms with Crippen LogP contribution in [0.5, 0.6) is 0 Å². The molecule has 1 unspecified atom stereocenters. The van der Waals surface area contributed by atoms with Crippen molar-refractivity contribution in [3.63, 3.8) is 0 Å². The predicted molar refractivity (Wildman–Crippen MR) is 48.7 cm³/mol. The van der Waals surface area contributed by atoms with Crippen molar-refractivity contribution in [2.45, 2.75) is 12.8 Å². The summed E-state index contributed by atoms with van der Waals surface area (Å²) < 4.78 is 0. The van der Waals surface area contributed by atoms with Crippen molar-refractivity contribution < 1.29 is 0 Å². The fourth-order valence-electron chi connectivity index (χ4n) is 0.863. The van der Waals surface area contributed by atoms with Gasteiger partial charge in [-0.25, -0.2) is 0 Å². The molecular formula is C9H10ClN. The Hall–Kier alpha value is -0.820. The molecule has 1 aromatic rings. The maximum absolute atomic E-state index is 7.04. The van der Waals surface area contributed by atoms with Crippen molar-refractivity contribution in [2.24, 2.45) is 0 Å². The van der Waals surface area contributed by atoms with Crippen molar-refractivity contribution in [2.75, 3.05) is 0 Å². The summed E-state index contributed by atoms with van der Waals surface area (Å²) in [5, 5.41) is 7.78. The lowest BCUT2D eigenvalue weighted by molar-refractivity contribution is 1.04. The highest BCUT2D eigenvalue weighted by atomic mass is 35.5. The van der Waals surface area contributed by atoms with E-state index >= 15 is 0 Å². The monoisotopic (exact) mass is 167 g/mol. The van der Waals surface area contributed by atoms with E-state index in [0.717, 1.165) is 10.6 Å². The summed E-state index contributed by atoms with van der Waals surface area (Å²) in [4.78, 5) is 0. The molecule has 0 heterocycles. The third-order valence-corrected chi connectivity index (χ3v) is 1.90. The summed E-state index contributed by atoms with van der Waals surface area (Å²) in [6.45, 7) is 1.98. The molecule has 1 nitrogen and oxygen atoms in total. The highest BCUT2D eigenvalue weighted by Gasteiger charge is 1.99. The smallest absolute Gasteiger partial charge is 0.0406 e. The molecule has 0 spiro atoms. The van der Waals surface area contributed by atoms with Crippen LogP contribution in [0.1, 0.15) is 18.4 Å². The zero-order valence-corrected chi connectivity index (χ0v) is 7.10. The second kappa shape index (κ2) is 3.54.